The molecule has 0 saturated carbocycles. The second-order valence-electron chi connectivity index (χ2n) is 4.61. The molecule has 0 radical (unpaired) electrons. The summed E-state index contributed by atoms with van der Waals surface area (Å²) in [5.41, 5.74) is 0.564. The molecule has 1 saturated heterocycles. The quantitative estimate of drug-likeness (QED) is 0.784. The number of methoxy groups -OCH3 is 1. The highest BCUT2D eigenvalue weighted by Crippen LogP contribution is 2.31. The summed E-state index contributed by atoms with van der Waals surface area (Å²) in [5.74, 6) is -0.623. The molecule has 1 aromatic heterocycles. The zero-order valence-electron chi connectivity index (χ0n) is 11.6. The van der Waals surface area contributed by atoms with Gasteiger partial charge in [0.25, 0.3) is 0 Å². The van der Waals surface area contributed by atoms with Crippen LogP contribution in [0, 0.1) is 6.92 Å². The third-order valence-electron chi connectivity index (χ3n) is 3.16. The molecule has 0 aromatic carbocycles. The molecule has 2 heterocycles. The molecule has 112 valence electrons. The summed E-state index contributed by atoms with van der Waals surface area (Å²) in [6.45, 7) is 4.48. The van der Waals surface area contributed by atoms with E-state index in [1.807, 2.05) is 0 Å². The van der Waals surface area contributed by atoms with Crippen LogP contribution in [-0.4, -0.2) is 51.6 Å². The molecule has 1 aliphatic rings. The van der Waals surface area contributed by atoms with Gasteiger partial charge in [-0.2, -0.15) is 4.31 Å². The Morgan fingerprint density at radius 3 is 2.85 bits per heavy atom. The van der Waals surface area contributed by atoms with Crippen LogP contribution in [0.2, 0.25) is 0 Å². The number of carbonyl (C=O) groups excluding carboxylic acids is 1. The minimum absolute atomic E-state index is 0.0584. The first kappa shape index (κ1) is 15.4. The van der Waals surface area contributed by atoms with Crippen LogP contribution in [-0.2, 0) is 19.5 Å². The van der Waals surface area contributed by atoms with Gasteiger partial charge >= 0.3 is 5.97 Å². The molecule has 20 heavy (non-hydrogen) atoms. The van der Waals surface area contributed by atoms with Crippen molar-refractivity contribution in [2.45, 2.75) is 24.8 Å². The van der Waals surface area contributed by atoms with Gasteiger partial charge < -0.3 is 9.47 Å². The Labute approximate surface area is 122 Å². The Bertz CT molecular complexity index is 607. The van der Waals surface area contributed by atoms with Crippen LogP contribution in [0.1, 0.15) is 22.2 Å². The molecule has 0 bridgehead atoms. The minimum Gasteiger partial charge on any atom is -0.465 e. The Hall–Kier alpha value is -0.960. The zero-order valence-corrected chi connectivity index (χ0v) is 13.2. The molecule has 1 fully saturated rings. The molecule has 0 aliphatic carbocycles. The van der Waals surface area contributed by atoms with Gasteiger partial charge in [0.05, 0.1) is 20.3 Å². The van der Waals surface area contributed by atoms with Gasteiger partial charge in [0, 0.05) is 12.6 Å². The zero-order chi connectivity index (χ0) is 14.9. The molecular weight excluding hydrogens is 302 g/mol. The number of morpholine rings is 1. The first-order valence-corrected chi connectivity index (χ1v) is 8.47. The average Bonchev–Trinajstić information content (AvgIpc) is 2.80. The third kappa shape index (κ3) is 2.60. The number of rotatable bonds is 3. The van der Waals surface area contributed by atoms with Crippen LogP contribution >= 0.6 is 11.3 Å². The van der Waals surface area contributed by atoms with Gasteiger partial charge in [-0.15, -0.1) is 11.3 Å². The number of thiophene rings is 1. The molecule has 0 unspecified atom stereocenters. The number of carbonyl (C=O) groups is 1. The Balaban J connectivity index is 2.49. The molecule has 0 N–H and O–H groups in total. The predicted molar refractivity (Wildman–Crippen MR) is 74.6 cm³/mol. The maximum absolute atomic E-state index is 12.8. The number of ether oxygens (including phenoxy) is 2. The van der Waals surface area contributed by atoms with Gasteiger partial charge in [0.15, 0.2) is 0 Å². The maximum Gasteiger partial charge on any atom is 0.349 e. The molecule has 8 heteroatoms. The number of esters is 1. The van der Waals surface area contributed by atoms with E-state index in [1.54, 1.807) is 19.2 Å². The molecule has 1 aromatic rings. The summed E-state index contributed by atoms with van der Waals surface area (Å²) in [7, 11) is -2.48. The van der Waals surface area contributed by atoms with Crippen molar-refractivity contribution in [2.24, 2.45) is 0 Å². The van der Waals surface area contributed by atoms with E-state index in [9.17, 15) is 13.2 Å². The van der Waals surface area contributed by atoms with Crippen molar-refractivity contribution in [3.05, 3.63) is 15.8 Å². The highest BCUT2D eigenvalue weighted by atomic mass is 32.2. The van der Waals surface area contributed by atoms with Gasteiger partial charge in [0.2, 0.25) is 10.0 Å². The van der Waals surface area contributed by atoms with Crippen molar-refractivity contribution in [3.8, 4) is 0 Å². The Morgan fingerprint density at radius 2 is 2.25 bits per heavy atom. The molecule has 0 spiro atoms. The summed E-state index contributed by atoms with van der Waals surface area (Å²) in [5, 5.41) is 1.66. The SMILES string of the molecule is COC(=O)c1scc(C)c1S(=O)(=O)N1CCOC[C@H]1C. The van der Waals surface area contributed by atoms with E-state index in [-0.39, 0.29) is 15.8 Å². The minimum atomic E-state index is -3.72. The van der Waals surface area contributed by atoms with E-state index < -0.39 is 16.0 Å². The van der Waals surface area contributed by atoms with E-state index in [2.05, 4.69) is 4.74 Å². The van der Waals surface area contributed by atoms with Crippen molar-refractivity contribution < 1.29 is 22.7 Å². The fourth-order valence-electron chi connectivity index (χ4n) is 2.17. The van der Waals surface area contributed by atoms with Crippen LogP contribution < -0.4 is 0 Å². The van der Waals surface area contributed by atoms with Gasteiger partial charge in [-0.1, -0.05) is 0 Å². The second-order valence-corrected chi connectivity index (χ2v) is 7.32. The molecule has 1 atom stereocenters. The Morgan fingerprint density at radius 1 is 1.55 bits per heavy atom. The summed E-state index contributed by atoms with van der Waals surface area (Å²) in [4.78, 5) is 11.9. The fraction of sp³-hybridized carbons (Fsp3) is 0.583. The van der Waals surface area contributed by atoms with Gasteiger partial charge in [-0.25, -0.2) is 13.2 Å². The van der Waals surface area contributed by atoms with Crippen LogP contribution in [0.15, 0.2) is 10.3 Å². The highest BCUT2D eigenvalue weighted by Gasteiger charge is 2.36. The van der Waals surface area contributed by atoms with E-state index in [0.717, 1.165) is 11.3 Å². The standard InChI is InChI=1S/C12H17NO5S2/c1-8-7-19-10(12(14)17-3)11(8)20(15,16)13-4-5-18-6-9(13)2/h7,9H,4-6H2,1-3H3/t9-/m1/s1. The summed E-state index contributed by atoms with van der Waals surface area (Å²) < 4.78 is 36.9. The van der Waals surface area contributed by atoms with Crippen molar-refractivity contribution in [1.29, 1.82) is 0 Å². The lowest BCUT2D eigenvalue weighted by molar-refractivity contribution is 0.0391. The maximum atomic E-state index is 12.8. The summed E-state index contributed by atoms with van der Waals surface area (Å²) >= 11 is 1.09. The number of nitrogens with zero attached hydrogens (tertiary/aromatic N) is 1. The lowest BCUT2D eigenvalue weighted by atomic mass is 10.3. The normalized spacial score (nSPS) is 20.9. The monoisotopic (exact) mass is 319 g/mol. The number of hydrogen-bond acceptors (Lipinski definition) is 6. The molecule has 1 aliphatic heterocycles. The van der Waals surface area contributed by atoms with E-state index in [1.165, 1.54) is 11.4 Å². The summed E-state index contributed by atoms with van der Waals surface area (Å²) in [6, 6.07) is -0.251. The van der Waals surface area contributed by atoms with Crippen LogP contribution in [0.5, 0.6) is 0 Å². The smallest absolute Gasteiger partial charge is 0.349 e. The van der Waals surface area contributed by atoms with Gasteiger partial charge in [-0.05, 0) is 24.8 Å². The number of hydrogen-bond donors (Lipinski definition) is 0. The van der Waals surface area contributed by atoms with Crippen LogP contribution in [0.25, 0.3) is 0 Å². The molecule has 6 nitrogen and oxygen atoms in total. The van der Waals surface area contributed by atoms with Crippen LogP contribution in [0.3, 0.4) is 0 Å². The van der Waals surface area contributed by atoms with E-state index in [4.69, 9.17) is 4.74 Å². The first-order valence-electron chi connectivity index (χ1n) is 6.15. The van der Waals surface area contributed by atoms with Crippen molar-refractivity contribution in [2.75, 3.05) is 26.9 Å². The van der Waals surface area contributed by atoms with E-state index in [0.29, 0.717) is 25.3 Å². The van der Waals surface area contributed by atoms with Crippen molar-refractivity contribution in [3.63, 3.8) is 0 Å². The van der Waals surface area contributed by atoms with Gasteiger partial charge in [-0.3, -0.25) is 0 Å². The predicted octanol–water partition coefficient (Wildman–Crippen LogP) is 1.25. The highest BCUT2D eigenvalue weighted by molar-refractivity contribution is 7.89. The second kappa shape index (κ2) is 5.80. The van der Waals surface area contributed by atoms with E-state index >= 15 is 0 Å². The number of aryl methyl sites for hydroxylation is 1. The lowest BCUT2D eigenvalue weighted by Gasteiger charge is -2.32. The van der Waals surface area contributed by atoms with Crippen LogP contribution in [0.4, 0.5) is 0 Å². The molecular formula is C12H17NO5S2. The largest absolute Gasteiger partial charge is 0.465 e. The number of sulfonamides is 1. The molecule has 0 amide bonds. The lowest BCUT2D eigenvalue weighted by Crippen LogP contribution is -2.47. The van der Waals surface area contributed by atoms with Crippen molar-refractivity contribution in [1.82, 2.24) is 4.31 Å². The average molecular weight is 319 g/mol. The Kier molecular flexibility index (Phi) is 4.48. The third-order valence-corrected chi connectivity index (χ3v) is 6.57. The molecule has 2 rings (SSSR count). The fourth-order valence-corrected chi connectivity index (χ4v) is 5.44. The summed E-state index contributed by atoms with van der Waals surface area (Å²) in [6.07, 6.45) is 0. The first-order chi connectivity index (χ1) is 9.39. The van der Waals surface area contributed by atoms with Crippen molar-refractivity contribution >= 4 is 27.3 Å². The van der Waals surface area contributed by atoms with Gasteiger partial charge in [0.1, 0.15) is 9.77 Å². The topological polar surface area (TPSA) is 72.9 Å².